The molecule has 3 heteroatoms. The number of ether oxygens (including phenoxy) is 1. The zero-order valence-electron chi connectivity index (χ0n) is 16.8. The van der Waals surface area contributed by atoms with Crippen LogP contribution in [-0.2, 0) is 4.74 Å². The fourth-order valence-corrected chi connectivity index (χ4v) is 3.02. The topological polar surface area (TPSA) is 38.3 Å². The van der Waals surface area contributed by atoms with Gasteiger partial charge in [0.05, 0.1) is 6.61 Å². The third-order valence-corrected chi connectivity index (χ3v) is 4.62. The van der Waals surface area contributed by atoms with Crippen molar-refractivity contribution in [2.75, 3.05) is 13.2 Å². The number of carbonyl (C=O) groups excluding carboxylic acids is 1. The molecule has 0 aromatic heterocycles. The smallest absolute Gasteiger partial charge is 0.407 e. The zero-order chi connectivity index (χ0) is 18.4. The number of amides is 1. The SMILES string of the molecule is C=CCNC(=O)OCCCCCCCCCCCCCCCCCC. The monoisotopic (exact) mass is 353 g/mol. The summed E-state index contributed by atoms with van der Waals surface area (Å²) in [5.41, 5.74) is 0. The molecule has 0 aliphatic carbocycles. The Labute approximate surface area is 157 Å². The molecule has 0 saturated heterocycles. The van der Waals surface area contributed by atoms with E-state index in [0.717, 1.165) is 12.8 Å². The quantitative estimate of drug-likeness (QED) is 0.197. The Balaban J connectivity index is 3.05. The summed E-state index contributed by atoms with van der Waals surface area (Å²) in [5, 5.41) is 2.61. The first-order chi connectivity index (χ1) is 12.3. The minimum atomic E-state index is -0.333. The van der Waals surface area contributed by atoms with E-state index in [2.05, 4.69) is 18.8 Å². The van der Waals surface area contributed by atoms with Crippen molar-refractivity contribution >= 4 is 6.09 Å². The Morgan fingerprint density at radius 1 is 0.760 bits per heavy atom. The first-order valence-electron chi connectivity index (χ1n) is 10.8. The van der Waals surface area contributed by atoms with E-state index in [0.29, 0.717) is 13.2 Å². The highest BCUT2D eigenvalue weighted by Gasteiger charge is 1.99. The van der Waals surface area contributed by atoms with Crippen LogP contribution in [0.15, 0.2) is 12.7 Å². The molecule has 0 heterocycles. The molecule has 0 aliphatic heterocycles. The molecule has 148 valence electrons. The van der Waals surface area contributed by atoms with Crippen LogP contribution in [0.4, 0.5) is 4.79 Å². The van der Waals surface area contributed by atoms with Gasteiger partial charge >= 0.3 is 6.09 Å². The molecule has 0 aromatic carbocycles. The average molecular weight is 354 g/mol. The van der Waals surface area contributed by atoms with Gasteiger partial charge in [-0.1, -0.05) is 109 Å². The minimum Gasteiger partial charge on any atom is -0.450 e. The molecule has 0 saturated carbocycles. The van der Waals surface area contributed by atoms with E-state index in [1.807, 2.05) is 0 Å². The summed E-state index contributed by atoms with van der Waals surface area (Å²) in [6, 6.07) is 0. The van der Waals surface area contributed by atoms with Crippen molar-refractivity contribution in [1.29, 1.82) is 0 Å². The van der Waals surface area contributed by atoms with Crippen molar-refractivity contribution in [3.8, 4) is 0 Å². The maximum absolute atomic E-state index is 11.2. The summed E-state index contributed by atoms with van der Waals surface area (Å²) in [6.07, 6.45) is 23.0. The fourth-order valence-electron chi connectivity index (χ4n) is 3.02. The van der Waals surface area contributed by atoms with E-state index in [1.54, 1.807) is 6.08 Å². The van der Waals surface area contributed by atoms with Gasteiger partial charge in [0.25, 0.3) is 0 Å². The second-order valence-electron chi connectivity index (χ2n) is 7.11. The lowest BCUT2D eigenvalue weighted by molar-refractivity contribution is 0.145. The standard InChI is InChI=1S/C22H43NO2/c1-3-5-6-7-8-9-10-11-12-13-14-15-16-17-18-19-21-25-22(24)23-20-4-2/h4H,2-3,5-21H2,1H3,(H,23,24). The van der Waals surface area contributed by atoms with Gasteiger partial charge in [-0.25, -0.2) is 4.79 Å². The van der Waals surface area contributed by atoms with Gasteiger partial charge in [-0.3, -0.25) is 0 Å². The normalized spacial score (nSPS) is 10.6. The van der Waals surface area contributed by atoms with Crippen LogP contribution in [0, 0.1) is 0 Å². The Bertz CT molecular complexity index is 292. The van der Waals surface area contributed by atoms with Gasteiger partial charge in [-0.2, -0.15) is 0 Å². The number of rotatable bonds is 19. The highest BCUT2D eigenvalue weighted by atomic mass is 16.5. The van der Waals surface area contributed by atoms with Crippen LogP contribution < -0.4 is 5.32 Å². The van der Waals surface area contributed by atoms with E-state index >= 15 is 0 Å². The zero-order valence-corrected chi connectivity index (χ0v) is 16.8. The van der Waals surface area contributed by atoms with Crippen molar-refractivity contribution in [2.24, 2.45) is 0 Å². The van der Waals surface area contributed by atoms with Crippen molar-refractivity contribution in [1.82, 2.24) is 5.32 Å². The first-order valence-corrected chi connectivity index (χ1v) is 10.8. The summed E-state index contributed by atoms with van der Waals surface area (Å²) in [5.74, 6) is 0. The predicted octanol–water partition coefficient (Wildman–Crippen LogP) is 7.16. The van der Waals surface area contributed by atoms with E-state index in [4.69, 9.17) is 4.74 Å². The van der Waals surface area contributed by atoms with Crippen molar-refractivity contribution < 1.29 is 9.53 Å². The summed E-state index contributed by atoms with van der Waals surface area (Å²) < 4.78 is 5.07. The van der Waals surface area contributed by atoms with E-state index in [9.17, 15) is 4.79 Å². The summed E-state index contributed by atoms with van der Waals surface area (Å²) in [7, 11) is 0. The predicted molar refractivity (Wildman–Crippen MR) is 109 cm³/mol. The molecule has 1 N–H and O–H groups in total. The molecule has 25 heavy (non-hydrogen) atoms. The lowest BCUT2D eigenvalue weighted by atomic mass is 10.0. The summed E-state index contributed by atoms with van der Waals surface area (Å²) >= 11 is 0. The van der Waals surface area contributed by atoms with Gasteiger partial charge in [0.15, 0.2) is 0 Å². The highest BCUT2D eigenvalue weighted by molar-refractivity contribution is 5.67. The van der Waals surface area contributed by atoms with Crippen LogP contribution in [0.25, 0.3) is 0 Å². The third-order valence-electron chi connectivity index (χ3n) is 4.62. The molecule has 0 spiro atoms. The van der Waals surface area contributed by atoms with Gasteiger partial charge in [0.2, 0.25) is 0 Å². The average Bonchev–Trinajstić information content (AvgIpc) is 2.62. The molecule has 0 unspecified atom stereocenters. The maximum Gasteiger partial charge on any atom is 0.407 e. The largest absolute Gasteiger partial charge is 0.450 e. The Kier molecular flexibility index (Phi) is 20.2. The minimum absolute atomic E-state index is 0.333. The van der Waals surface area contributed by atoms with Gasteiger partial charge in [0.1, 0.15) is 0 Å². The van der Waals surface area contributed by atoms with Gasteiger partial charge in [0, 0.05) is 6.54 Å². The second-order valence-corrected chi connectivity index (χ2v) is 7.11. The Hall–Kier alpha value is -0.990. The molecule has 0 fully saturated rings. The van der Waals surface area contributed by atoms with Crippen molar-refractivity contribution in [3.05, 3.63) is 12.7 Å². The maximum atomic E-state index is 11.2. The third kappa shape index (κ3) is 21.0. The van der Waals surface area contributed by atoms with Crippen LogP contribution >= 0.6 is 0 Å². The molecule has 3 nitrogen and oxygen atoms in total. The molecule has 0 aromatic rings. The van der Waals surface area contributed by atoms with Crippen LogP contribution in [-0.4, -0.2) is 19.2 Å². The van der Waals surface area contributed by atoms with Crippen molar-refractivity contribution in [3.63, 3.8) is 0 Å². The number of nitrogens with one attached hydrogen (secondary N) is 1. The Morgan fingerprint density at radius 3 is 1.56 bits per heavy atom. The summed E-state index contributed by atoms with van der Waals surface area (Å²) in [6.45, 7) is 6.82. The molecular formula is C22H43NO2. The molecule has 0 bridgehead atoms. The first kappa shape index (κ1) is 24.0. The summed E-state index contributed by atoms with van der Waals surface area (Å²) in [4.78, 5) is 11.2. The van der Waals surface area contributed by atoms with Gasteiger partial charge in [-0.05, 0) is 6.42 Å². The lowest BCUT2D eigenvalue weighted by Gasteiger charge is -2.05. The van der Waals surface area contributed by atoms with Crippen LogP contribution in [0.5, 0.6) is 0 Å². The number of hydrogen-bond acceptors (Lipinski definition) is 2. The number of hydrogen-bond donors (Lipinski definition) is 1. The molecule has 0 rings (SSSR count). The number of alkyl carbamates (subject to hydrolysis) is 1. The molecule has 1 amide bonds. The van der Waals surface area contributed by atoms with Gasteiger partial charge in [-0.15, -0.1) is 6.58 Å². The molecule has 0 atom stereocenters. The number of unbranched alkanes of at least 4 members (excludes halogenated alkanes) is 15. The van der Waals surface area contributed by atoms with Crippen LogP contribution in [0.2, 0.25) is 0 Å². The molecular weight excluding hydrogens is 310 g/mol. The second kappa shape index (κ2) is 21.1. The lowest BCUT2D eigenvalue weighted by Crippen LogP contribution is -2.24. The van der Waals surface area contributed by atoms with Gasteiger partial charge < -0.3 is 10.1 Å². The fraction of sp³-hybridized carbons (Fsp3) is 0.864. The van der Waals surface area contributed by atoms with E-state index in [1.165, 1.54) is 89.9 Å². The molecule has 0 aliphatic rings. The molecule has 0 radical (unpaired) electrons. The van der Waals surface area contributed by atoms with Crippen LogP contribution in [0.1, 0.15) is 110 Å². The van der Waals surface area contributed by atoms with Crippen molar-refractivity contribution in [2.45, 2.75) is 110 Å². The Morgan fingerprint density at radius 2 is 1.16 bits per heavy atom. The number of carbonyl (C=O) groups is 1. The van der Waals surface area contributed by atoms with E-state index < -0.39 is 0 Å². The van der Waals surface area contributed by atoms with E-state index in [-0.39, 0.29) is 6.09 Å². The van der Waals surface area contributed by atoms with Crippen LogP contribution in [0.3, 0.4) is 0 Å². The highest BCUT2D eigenvalue weighted by Crippen LogP contribution is 2.13.